The van der Waals surface area contributed by atoms with Gasteiger partial charge in [-0.05, 0) is 25.5 Å². The Balaban J connectivity index is 2.87. The zero-order valence-electron chi connectivity index (χ0n) is 8.66. The van der Waals surface area contributed by atoms with Crippen LogP contribution >= 0.6 is 0 Å². The number of rotatable bonds is 3. The van der Waals surface area contributed by atoms with Gasteiger partial charge in [0.15, 0.2) is 0 Å². The first-order valence-electron chi connectivity index (χ1n) is 4.78. The molecule has 2 N–H and O–H groups in total. The van der Waals surface area contributed by atoms with E-state index in [4.69, 9.17) is 5.73 Å². The molecule has 2 amide bonds. The highest BCUT2D eigenvalue weighted by Crippen LogP contribution is 2.14. The fraction of sp³-hybridized carbons (Fsp3) is 0.364. The van der Waals surface area contributed by atoms with Gasteiger partial charge in [-0.15, -0.1) is 0 Å². The topological polar surface area (TPSA) is 46.3 Å². The van der Waals surface area contributed by atoms with Gasteiger partial charge < -0.3 is 5.73 Å². The molecule has 0 saturated heterocycles. The predicted molar refractivity (Wildman–Crippen MR) is 58.4 cm³/mol. The Morgan fingerprint density at radius 1 is 1.36 bits per heavy atom. The molecule has 0 bridgehead atoms. The molecule has 0 spiro atoms. The van der Waals surface area contributed by atoms with E-state index in [1.807, 2.05) is 38.1 Å². The zero-order chi connectivity index (χ0) is 10.6. The summed E-state index contributed by atoms with van der Waals surface area (Å²) in [5.74, 6) is 0. The highest BCUT2D eigenvalue weighted by Gasteiger charge is 2.09. The smallest absolute Gasteiger partial charge is 0.319 e. The second-order valence-corrected chi connectivity index (χ2v) is 3.33. The fourth-order valence-corrected chi connectivity index (χ4v) is 1.31. The molecule has 0 saturated carbocycles. The summed E-state index contributed by atoms with van der Waals surface area (Å²) in [4.78, 5) is 12.7. The number of primary amides is 1. The Hall–Kier alpha value is -1.51. The summed E-state index contributed by atoms with van der Waals surface area (Å²) < 4.78 is 0. The SMILES string of the molecule is CCCN(C(N)=O)c1ccc(C)cc1. The lowest BCUT2D eigenvalue weighted by Gasteiger charge is -2.19. The molecule has 0 aromatic heterocycles. The molecule has 0 radical (unpaired) electrons. The van der Waals surface area contributed by atoms with E-state index in [2.05, 4.69) is 0 Å². The maximum absolute atomic E-state index is 11.1. The van der Waals surface area contributed by atoms with E-state index in [0.29, 0.717) is 6.54 Å². The van der Waals surface area contributed by atoms with Gasteiger partial charge in [-0.1, -0.05) is 24.6 Å². The highest BCUT2D eigenvalue weighted by molar-refractivity contribution is 5.90. The minimum atomic E-state index is -0.393. The molecule has 0 unspecified atom stereocenters. The van der Waals surface area contributed by atoms with E-state index in [1.54, 1.807) is 4.90 Å². The van der Waals surface area contributed by atoms with Crippen molar-refractivity contribution in [3.05, 3.63) is 29.8 Å². The van der Waals surface area contributed by atoms with Gasteiger partial charge in [-0.25, -0.2) is 4.79 Å². The first-order chi connectivity index (χ1) is 6.65. The molecule has 1 aromatic carbocycles. The summed E-state index contributed by atoms with van der Waals surface area (Å²) in [6.45, 7) is 4.70. The number of urea groups is 1. The predicted octanol–water partition coefficient (Wildman–Crippen LogP) is 2.29. The van der Waals surface area contributed by atoms with Crippen LogP contribution in [0, 0.1) is 6.92 Å². The molecule has 0 aliphatic carbocycles. The number of hydrogen-bond acceptors (Lipinski definition) is 1. The van der Waals surface area contributed by atoms with Gasteiger partial charge in [0.1, 0.15) is 0 Å². The largest absolute Gasteiger partial charge is 0.351 e. The number of amides is 2. The Morgan fingerprint density at radius 2 is 1.93 bits per heavy atom. The second kappa shape index (κ2) is 4.65. The number of carbonyl (C=O) groups is 1. The average molecular weight is 192 g/mol. The molecular weight excluding hydrogens is 176 g/mol. The second-order valence-electron chi connectivity index (χ2n) is 3.33. The summed E-state index contributed by atoms with van der Waals surface area (Å²) >= 11 is 0. The van der Waals surface area contributed by atoms with Crippen molar-refractivity contribution >= 4 is 11.7 Å². The van der Waals surface area contributed by atoms with Crippen LogP contribution in [-0.2, 0) is 0 Å². The Kier molecular flexibility index (Phi) is 3.51. The molecule has 0 aliphatic rings. The van der Waals surface area contributed by atoms with E-state index >= 15 is 0 Å². The van der Waals surface area contributed by atoms with Crippen LogP contribution in [0.1, 0.15) is 18.9 Å². The lowest BCUT2D eigenvalue weighted by molar-refractivity contribution is 0.254. The summed E-state index contributed by atoms with van der Waals surface area (Å²) in [5, 5.41) is 0. The van der Waals surface area contributed by atoms with Crippen molar-refractivity contribution in [1.82, 2.24) is 0 Å². The van der Waals surface area contributed by atoms with Crippen LogP contribution in [0.2, 0.25) is 0 Å². The molecule has 3 heteroatoms. The minimum absolute atomic E-state index is 0.393. The van der Waals surface area contributed by atoms with Crippen molar-refractivity contribution in [3.63, 3.8) is 0 Å². The van der Waals surface area contributed by atoms with Crippen molar-refractivity contribution in [3.8, 4) is 0 Å². The Labute approximate surface area is 84.5 Å². The normalized spacial score (nSPS) is 9.86. The molecule has 3 nitrogen and oxygen atoms in total. The van der Waals surface area contributed by atoms with Crippen LogP contribution in [0.15, 0.2) is 24.3 Å². The number of nitrogens with zero attached hydrogens (tertiary/aromatic N) is 1. The summed E-state index contributed by atoms with van der Waals surface area (Å²) in [7, 11) is 0. The van der Waals surface area contributed by atoms with Crippen LogP contribution in [0.4, 0.5) is 10.5 Å². The maximum atomic E-state index is 11.1. The van der Waals surface area contributed by atoms with E-state index in [-0.39, 0.29) is 0 Å². The minimum Gasteiger partial charge on any atom is -0.351 e. The first-order valence-corrected chi connectivity index (χ1v) is 4.78. The van der Waals surface area contributed by atoms with Gasteiger partial charge >= 0.3 is 6.03 Å². The van der Waals surface area contributed by atoms with Gasteiger partial charge in [0.2, 0.25) is 0 Å². The molecule has 0 aliphatic heterocycles. The zero-order valence-corrected chi connectivity index (χ0v) is 8.66. The monoisotopic (exact) mass is 192 g/mol. The number of benzene rings is 1. The highest BCUT2D eigenvalue weighted by atomic mass is 16.2. The van der Waals surface area contributed by atoms with Crippen molar-refractivity contribution in [2.45, 2.75) is 20.3 Å². The van der Waals surface area contributed by atoms with Crippen molar-refractivity contribution in [2.75, 3.05) is 11.4 Å². The van der Waals surface area contributed by atoms with Crippen LogP contribution in [0.25, 0.3) is 0 Å². The van der Waals surface area contributed by atoms with E-state index in [1.165, 1.54) is 5.56 Å². The van der Waals surface area contributed by atoms with Crippen LogP contribution in [0.5, 0.6) is 0 Å². The molecule has 1 aromatic rings. The Morgan fingerprint density at radius 3 is 2.36 bits per heavy atom. The number of anilines is 1. The first kappa shape index (κ1) is 10.6. The third kappa shape index (κ3) is 2.49. The number of nitrogens with two attached hydrogens (primary N) is 1. The fourth-order valence-electron chi connectivity index (χ4n) is 1.31. The molecule has 0 atom stereocenters. The summed E-state index contributed by atoms with van der Waals surface area (Å²) in [5.41, 5.74) is 7.32. The molecule has 0 heterocycles. The van der Waals surface area contributed by atoms with Gasteiger partial charge in [0, 0.05) is 12.2 Å². The van der Waals surface area contributed by atoms with Crippen LogP contribution in [0.3, 0.4) is 0 Å². The van der Waals surface area contributed by atoms with Gasteiger partial charge in [0.05, 0.1) is 0 Å². The summed E-state index contributed by atoms with van der Waals surface area (Å²) in [6, 6.07) is 7.38. The van der Waals surface area contributed by atoms with E-state index in [9.17, 15) is 4.79 Å². The van der Waals surface area contributed by atoms with Gasteiger partial charge in [-0.2, -0.15) is 0 Å². The van der Waals surface area contributed by atoms with Gasteiger partial charge in [0.25, 0.3) is 0 Å². The molecular formula is C11H16N2O. The summed E-state index contributed by atoms with van der Waals surface area (Å²) in [6.07, 6.45) is 0.900. The number of carbonyl (C=O) groups excluding carboxylic acids is 1. The Bertz CT molecular complexity index is 306. The lowest BCUT2D eigenvalue weighted by atomic mass is 10.2. The molecule has 76 valence electrons. The molecule has 1 rings (SSSR count). The maximum Gasteiger partial charge on any atom is 0.319 e. The lowest BCUT2D eigenvalue weighted by Crippen LogP contribution is -2.36. The molecule has 14 heavy (non-hydrogen) atoms. The van der Waals surface area contributed by atoms with Gasteiger partial charge in [-0.3, -0.25) is 4.90 Å². The van der Waals surface area contributed by atoms with Crippen molar-refractivity contribution in [1.29, 1.82) is 0 Å². The average Bonchev–Trinajstić information content (AvgIpc) is 2.15. The van der Waals surface area contributed by atoms with E-state index < -0.39 is 6.03 Å². The van der Waals surface area contributed by atoms with Crippen molar-refractivity contribution < 1.29 is 4.79 Å². The van der Waals surface area contributed by atoms with Crippen LogP contribution in [-0.4, -0.2) is 12.6 Å². The van der Waals surface area contributed by atoms with Crippen LogP contribution < -0.4 is 10.6 Å². The number of aryl methyl sites for hydroxylation is 1. The third-order valence-corrected chi connectivity index (χ3v) is 2.06. The van der Waals surface area contributed by atoms with Crippen molar-refractivity contribution in [2.24, 2.45) is 5.73 Å². The molecule has 0 fully saturated rings. The third-order valence-electron chi connectivity index (χ3n) is 2.06. The number of hydrogen-bond donors (Lipinski definition) is 1. The quantitative estimate of drug-likeness (QED) is 0.784. The standard InChI is InChI=1S/C11H16N2O/c1-3-8-13(11(12)14)10-6-4-9(2)5-7-10/h4-7H,3,8H2,1-2H3,(H2,12,14). The van der Waals surface area contributed by atoms with E-state index in [0.717, 1.165) is 12.1 Å².